The largest absolute Gasteiger partial charge is 0.422 e. The van der Waals surface area contributed by atoms with Gasteiger partial charge < -0.3 is 19.5 Å². The summed E-state index contributed by atoms with van der Waals surface area (Å²) in [4.78, 5) is 20.0. The molecule has 0 aliphatic carbocycles. The van der Waals surface area contributed by atoms with E-state index in [1.807, 2.05) is 69.6 Å². The molecule has 0 amide bonds. The smallest absolute Gasteiger partial charge is 0.343 e. The lowest BCUT2D eigenvalue weighted by Crippen LogP contribution is -2.15. The third-order valence-corrected chi connectivity index (χ3v) is 4.40. The number of esters is 1. The molecule has 1 heterocycles. The number of fused-ring (bicyclic) bond motifs is 1. The average Bonchev–Trinajstić information content (AvgIpc) is 3.04. The molecule has 136 valence electrons. The highest BCUT2D eigenvalue weighted by atomic mass is 16.5. The van der Waals surface area contributed by atoms with Crippen LogP contribution in [0.4, 0.5) is 5.69 Å². The molecular weight excluding hydrogens is 326 g/mol. The van der Waals surface area contributed by atoms with Crippen molar-refractivity contribution in [1.29, 1.82) is 0 Å². The van der Waals surface area contributed by atoms with E-state index in [0.29, 0.717) is 11.3 Å². The molecule has 0 atom stereocenters. The van der Waals surface area contributed by atoms with E-state index >= 15 is 0 Å². The highest BCUT2D eigenvalue weighted by Crippen LogP contribution is 2.30. The van der Waals surface area contributed by atoms with Crippen molar-refractivity contribution >= 4 is 22.6 Å². The second kappa shape index (κ2) is 7.62. The van der Waals surface area contributed by atoms with Gasteiger partial charge in [0.05, 0.1) is 5.56 Å². The zero-order valence-electron chi connectivity index (χ0n) is 15.7. The first-order valence-corrected chi connectivity index (χ1v) is 8.69. The van der Waals surface area contributed by atoms with Gasteiger partial charge >= 0.3 is 5.97 Å². The lowest BCUT2D eigenvalue weighted by molar-refractivity contribution is 0.0737. The highest BCUT2D eigenvalue weighted by Gasteiger charge is 2.14. The van der Waals surface area contributed by atoms with Crippen molar-refractivity contribution in [2.24, 2.45) is 0 Å². The Kier molecular flexibility index (Phi) is 5.28. The number of anilines is 1. The molecule has 0 unspecified atom stereocenters. The van der Waals surface area contributed by atoms with Crippen molar-refractivity contribution in [3.63, 3.8) is 0 Å². The molecule has 0 saturated heterocycles. The first-order valence-electron chi connectivity index (χ1n) is 8.69. The summed E-state index contributed by atoms with van der Waals surface area (Å²) in [6, 6.07) is 13.2. The monoisotopic (exact) mass is 351 g/mol. The van der Waals surface area contributed by atoms with Crippen LogP contribution in [0.15, 0.2) is 48.7 Å². The van der Waals surface area contributed by atoms with Crippen LogP contribution >= 0.6 is 0 Å². The van der Waals surface area contributed by atoms with Gasteiger partial charge in [-0.2, -0.15) is 0 Å². The van der Waals surface area contributed by atoms with Crippen molar-refractivity contribution in [1.82, 2.24) is 9.88 Å². The first-order chi connectivity index (χ1) is 12.5. The Balaban J connectivity index is 1.85. The molecule has 0 aliphatic rings. The van der Waals surface area contributed by atoms with E-state index in [1.165, 1.54) is 0 Å². The minimum atomic E-state index is -0.345. The topological polar surface area (TPSA) is 48.6 Å². The molecule has 3 rings (SSSR count). The number of hydrogen-bond acceptors (Lipinski definition) is 4. The molecule has 0 spiro atoms. The van der Waals surface area contributed by atoms with Gasteiger partial charge in [0.15, 0.2) is 0 Å². The van der Waals surface area contributed by atoms with Crippen LogP contribution in [0.3, 0.4) is 0 Å². The van der Waals surface area contributed by atoms with E-state index < -0.39 is 0 Å². The van der Waals surface area contributed by atoms with Crippen molar-refractivity contribution in [2.75, 3.05) is 39.6 Å². The quantitative estimate of drug-likeness (QED) is 0.545. The number of rotatable bonds is 6. The summed E-state index contributed by atoms with van der Waals surface area (Å²) in [5.74, 6) is 0.252. The van der Waals surface area contributed by atoms with Gasteiger partial charge in [-0.3, -0.25) is 0 Å². The molecular formula is C21H25N3O2. The molecule has 3 aromatic rings. The third kappa shape index (κ3) is 3.89. The van der Waals surface area contributed by atoms with Gasteiger partial charge in [-0.25, -0.2) is 4.79 Å². The van der Waals surface area contributed by atoms with Crippen molar-refractivity contribution in [3.8, 4) is 5.75 Å². The van der Waals surface area contributed by atoms with Crippen LogP contribution in [0, 0.1) is 0 Å². The van der Waals surface area contributed by atoms with Crippen LogP contribution in [0.2, 0.25) is 0 Å². The fourth-order valence-corrected chi connectivity index (χ4v) is 2.90. The molecule has 1 aromatic heterocycles. The van der Waals surface area contributed by atoms with Gasteiger partial charge in [0.1, 0.15) is 5.75 Å². The number of carbonyl (C=O) groups excluding carboxylic acids is 1. The Morgan fingerprint density at radius 2 is 1.77 bits per heavy atom. The minimum absolute atomic E-state index is 0.345. The van der Waals surface area contributed by atoms with E-state index in [9.17, 15) is 4.79 Å². The first kappa shape index (κ1) is 18.0. The van der Waals surface area contributed by atoms with Gasteiger partial charge in [0.25, 0.3) is 0 Å². The van der Waals surface area contributed by atoms with Crippen LogP contribution in [0.1, 0.15) is 15.9 Å². The van der Waals surface area contributed by atoms with Crippen LogP contribution in [0.5, 0.6) is 5.75 Å². The number of likely N-dealkylation sites (N-methyl/N-ethyl adjacent to an activating group) is 1. The third-order valence-electron chi connectivity index (χ3n) is 4.40. The summed E-state index contributed by atoms with van der Waals surface area (Å²) in [6.07, 6.45) is 2.89. The number of nitrogens with one attached hydrogen (secondary N) is 1. The Labute approximate surface area is 154 Å². The second-order valence-electron chi connectivity index (χ2n) is 6.88. The summed E-state index contributed by atoms with van der Waals surface area (Å²) in [7, 11) is 8.03. The summed E-state index contributed by atoms with van der Waals surface area (Å²) in [5, 5.41) is 0.979. The molecule has 1 N–H and O–H groups in total. The summed E-state index contributed by atoms with van der Waals surface area (Å²) >= 11 is 0. The maximum atomic E-state index is 12.6. The van der Waals surface area contributed by atoms with Gasteiger partial charge in [-0.15, -0.1) is 0 Å². The fourth-order valence-electron chi connectivity index (χ4n) is 2.90. The molecule has 5 heteroatoms. The molecule has 0 fully saturated rings. The van der Waals surface area contributed by atoms with Gasteiger partial charge in [0, 0.05) is 43.4 Å². The van der Waals surface area contributed by atoms with Gasteiger partial charge in [0.2, 0.25) is 0 Å². The van der Waals surface area contributed by atoms with Crippen molar-refractivity contribution in [3.05, 3.63) is 59.8 Å². The summed E-state index contributed by atoms with van der Waals surface area (Å²) in [5.41, 5.74) is 3.71. The van der Waals surface area contributed by atoms with Crippen molar-refractivity contribution < 1.29 is 9.53 Å². The second-order valence-corrected chi connectivity index (χ2v) is 6.88. The fraction of sp³-hybridized carbons (Fsp3) is 0.286. The SMILES string of the molecule is CN(C)CCc1c[nH]c2cccc(OC(=O)c3ccc(N(C)C)cc3)c12. The molecule has 2 aromatic carbocycles. The van der Waals surface area contributed by atoms with E-state index in [4.69, 9.17) is 4.74 Å². The number of nitrogens with zero attached hydrogens (tertiary/aromatic N) is 2. The van der Waals surface area contributed by atoms with Crippen molar-refractivity contribution in [2.45, 2.75) is 6.42 Å². The molecule has 0 bridgehead atoms. The number of hydrogen-bond donors (Lipinski definition) is 1. The molecule has 5 nitrogen and oxygen atoms in total. The molecule has 0 radical (unpaired) electrons. The predicted octanol–water partition coefficient (Wildman–Crippen LogP) is 3.56. The minimum Gasteiger partial charge on any atom is -0.422 e. The van der Waals surface area contributed by atoms with Crippen LogP contribution < -0.4 is 9.64 Å². The maximum Gasteiger partial charge on any atom is 0.343 e. The lowest BCUT2D eigenvalue weighted by Gasteiger charge is -2.13. The standard InChI is InChI=1S/C21H25N3O2/c1-23(2)13-12-16-14-22-18-6-5-7-19(20(16)18)26-21(25)15-8-10-17(11-9-15)24(3)4/h5-11,14,22H,12-13H2,1-4H3. The Morgan fingerprint density at radius 3 is 2.42 bits per heavy atom. The Bertz CT molecular complexity index is 895. The lowest BCUT2D eigenvalue weighted by atomic mass is 10.1. The van der Waals surface area contributed by atoms with Crippen LogP contribution in [0.25, 0.3) is 10.9 Å². The predicted molar refractivity (Wildman–Crippen MR) is 106 cm³/mol. The summed E-state index contributed by atoms with van der Waals surface area (Å²) in [6.45, 7) is 0.932. The maximum absolute atomic E-state index is 12.6. The van der Waals surface area contributed by atoms with E-state index in [1.54, 1.807) is 12.1 Å². The normalized spacial score (nSPS) is 11.1. The number of benzene rings is 2. The number of carbonyl (C=O) groups is 1. The van der Waals surface area contributed by atoms with E-state index in [-0.39, 0.29) is 5.97 Å². The van der Waals surface area contributed by atoms with Gasteiger partial charge in [-0.1, -0.05) is 6.07 Å². The Morgan fingerprint density at radius 1 is 1.04 bits per heavy atom. The van der Waals surface area contributed by atoms with E-state index in [2.05, 4.69) is 9.88 Å². The van der Waals surface area contributed by atoms with Gasteiger partial charge in [-0.05, 0) is 62.5 Å². The molecule has 0 saturated carbocycles. The zero-order chi connectivity index (χ0) is 18.7. The highest BCUT2D eigenvalue weighted by molar-refractivity contribution is 5.96. The number of aromatic nitrogens is 1. The average molecular weight is 351 g/mol. The van der Waals surface area contributed by atoms with Crippen LogP contribution in [-0.2, 0) is 6.42 Å². The Hall–Kier alpha value is -2.79. The van der Waals surface area contributed by atoms with E-state index in [0.717, 1.165) is 35.1 Å². The number of ether oxygens (including phenoxy) is 1. The zero-order valence-corrected chi connectivity index (χ0v) is 15.7. The number of H-pyrrole nitrogens is 1. The number of aromatic amines is 1. The molecule has 0 aliphatic heterocycles. The molecule has 26 heavy (non-hydrogen) atoms. The van der Waals surface area contributed by atoms with Crippen LogP contribution in [-0.4, -0.2) is 50.6 Å². The summed E-state index contributed by atoms with van der Waals surface area (Å²) < 4.78 is 5.73.